The quantitative estimate of drug-likeness (QED) is 0.857. The Balaban J connectivity index is 1.84. The zero-order valence-electron chi connectivity index (χ0n) is 13.2. The molecule has 1 saturated carbocycles. The highest BCUT2D eigenvalue weighted by atomic mass is 32.2. The Morgan fingerprint density at radius 1 is 1.38 bits per heavy atom. The summed E-state index contributed by atoms with van der Waals surface area (Å²) in [5, 5.41) is 13.5. The highest BCUT2D eigenvalue weighted by molar-refractivity contribution is 7.89. The van der Waals surface area contributed by atoms with Gasteiger partial charge in [0.1, 0.15) is 4.90 Å². The summed E-state index contributed by atoms with van der Waals surface area (Å²) in [6.45, 7) is 1.59. The van der Waals surface area contributed by atoms with Gasteiger partial charge >= 0.3 is 5.97 Å². The van der Waals surface area contributed by atoms with Crippen molar-refractivity contribution in [2.75, 3.05) is 0 Å². The lowest BCUT2D eigenvalue weighted by Gasteiger charge is -2.27. The van der Waals surface area contributed by atoms with Crippen molar-refractivity contribution in [3.8, 4) is 5.69 Å². The van der Waals surface area contributed by atoms with Crippen LogP contribution in [0, 0.1) is 5.41 Å². The predicted molar refractivity (Wildman–Crippen MR) is 87.3 cm³/mol. The molecule has 24 heavy (non-hydrogen) atoms. The first-order chi connectivity index (χ1) is 11.3. The van der Waals surface area contributed by atoms with Gasteiger partial charge in [-0.3, -0.25) is 4.79 Å². The number of aromatic nitrogens is 2. The number of nitrogens with one attached hydrogen (secondary N) is 1. The van der Waals surface area contributed by atoms with Gasteiger partial charge in [-0.15, -0.1) is 0 Å². The van der Waals surface area contributed by atoms with Crippen LogP contribution in [0.2, 0.25) is 0 Å². The number of hydrogen-bond acceptors (Lipinski definition) is 4. The van der Waals surface area contributed by atoms with Crippen molar-refractivity contribution in [2.24, 2.45) is 5.41 Å². The minimum absolute atomic E-state index is 0.0194. The van der Waals surface area contributed by atoms with E-state index in [9.17, 15) is 18.3 Å². The molecule has 2 N–H and O–H groups in total. The normalized spacial score (nSPS) is 24.1. The molecule has 8 heteroatoms. The first-order valence-electron chi connectivity index (χ1n) is 7.69. The second kappa shape index (κ2) is 6.03. The van der Waals surface area contributed by atoms with E-state index >= 15 is 0 Å². The Labute approximate surface area is 140 Å². The van der Waals surface area contributed by atoms with E-state index in [1.165, 1.54) is 17.1 Å². The van der Waals surface area contributed by atoms with Crippen molar-refractivity contribution in [2.45, 2.75) is 37.1 Å². The molecule has 128 valence electrons. The van der Waals surface area contributed by atoms with Crippen LogP contribution in [0.4, 0.5) is 0 Å². The van der Waals surface area contributed by atoms with Crippen molar-refractivity contribution in [3.05, 3.63) is 42.7 Å². The smallest absolute Gasteiger partial charge is 0.310 e. The predicted octanol–water partition coefficient (Wildman–Crippen LogP) is 1.79. The van der Waals surface area contributed by atoms with E-state index in [-0.39, 0.29) is 4.90 Å². The number of aliphatic carboxylic acids is 1. The van der Waals surface area contributed by atoms with E-state index in [2.05, 4.69) is 9.82 Å². The number of hydrogen-bond donors (Lipinski definition) is 2. The lowest BCUT2D eigenvalue weighted by Crippen LogP contribution is -2.46. The zero-order chi connectivity index (χ0) is 17.4. The molecule has 1 aliphatic carbocycles. The fourth-order valence-electron chi connectivity index (χ4n) is 3.03. The SMILES string of the molecule is CC1(C(=O)O)CCCC1NS(=O)(=O)c1cnn(-c2ccccc2)c1. The van der Waals surface area contributed by atoms with Gasteiger partial charge in [0.05, 0.1) is 23.5 Å². The average molecular weight is 349 g/mol. The number of benzene rings is 1. The molecule has 7 nitrogen and oxygen atoms in total. The highest BCUT2D eigenvalue weighted by Gasteiger charge is 2.47. The van der Waals surface area contributed by atoms with Gasteiger partial charge in [-0.25, -0.2) is 17.8 Å². The van der Waals surface area contributed by atoms with Crippen LogP contribution >= 0.6 is 0 Å². The maximum Gasteiger partial charge on any atom is 0.310 e. The zero-order valence-corrected chi connectivity index (χ0v) is 14.0. The van der Waals surface area contributed by atoms with Gasteiger partial charge in [0.25, 0.3) is 0 Å². The molecule has 0 spiro atoms. The second-order valence-electron chi connectivity index (χ2n) is 6.24. The number of nitrogens with zero attached hydrogens (tertiary/aromatic N) is 2. The third-order valence-electron chi connectivity index (χ3n) is 4.63. The number of para-hydroxylation sites is 1. The van der Waals surface area contributed by atoms with Crippen molar-refractivity contribution < 1.29 is 18.3 Å². The molecule has 1 heterocycles. The second-order valence-corrected chi connectivity index (χ2v) is 7.96. The number of carboxylic acids is 1. The summed E-state index contributed by atoms with van der Waals surface area (Å²) >= 11 is 0. The summed E-state index contributed by atoms with van der Waals surface area (Å²) in [5.74, 6) is -0.979. The molecule has 0 saturated heterocycles. The summed E-state index contributed by atoms with van der Waals surface area (Å²) in [6.07, 6.45) is 4.33. The molecule has 0 aliphatic heterocycles. The van der Waals surface area contributed by atoms with E-state index < -0.39 is 27.4 Å². The van der Waals surface area contributed by atoms with Crippen molar-refractivity contribution in [1.82, 2.24) is 14.5 Å². The van der Waals surface area contributed by atoms with Gasteiger partial charge < -0.3 is 5.11 Å². The van der Waals surface area contributed by atoms with Gasteiger partial charge in [-0.1, -0.05) is 24.6 Å². The average Bonchev–Trinajstić information content (AvgIpc) is 3.17. The molecular weight excluding hydrogens is 330 g/mol. The maximum atomic E-state index is 12.6. The third kappa shape index (κ3) is 2.94. The van der Waals surface area contributed by atoms with Gasteiger partial charge in [-0.2, -0.15) is 5.10 Å². The molecule has 2 atom stereocenters. The molecule has 1 aliphatic rings. The number of carbonyl (C=O) groups is 1. The van der Waals surface area contributed by atoms with E-state index in [4.69, 9.17) is 0 Å². The Kier molecular flexibility index (Phi) is 4.18. The van der Waals surface area contributed by atoms with Crippen LogP contribution in [0.1, 0.15) is 26.2 Å². The first kappa shape index (κ1) is 16.7. The van der Waals surface area contributed by atoms with Crippen molar-refractivity contribution in [1.29, 1.82) is 0 Å². The van der Waals surface area contributed by atoms with Crippen LogP contribution in [-0.4, -0.2) is 35.3 Å². The monoisotopic (exact) mass is 349 g/mol. The minimum atomic E-state index is -3.83. The first-order valence-corrected chi connectivity index (χ1v) is 9.17. The van der Waals surface area contributed by atoms with Gasteiger partial charge in [0.2, 0.25) is 10.0 Å². The molecule has 3 rings (SSSR count). The van der Waals surface area contributed by atoms with Crippen molar-refractivity contribution >= 4 is 16.0 Å². The van der Waals surface area contributed by atoms with Crippen LogP contribution < -0.4 is 4.72 Å². The van der Waals surface area contributed by atoms with Crippen LogP contribution in [0.5, 0.6) is 0 Å². The fourth-order valence-corrected chi connectivity index (χ4v) is 4.35. The molecule has 1 aromatic carbocycles. The van der Waals surface area contributed by atoms with Crippen LogP contribution in [0.25, 0.3) is 5.69 Å². The van der Waals surface area contributed by atoms with Gasteiger partial charge in [-0.05, 0) is 31.9 Å². The Bertz CT molecular complexity index is 847. The number of carboxylic acid groups (broad SMARTS) is 1. The summed E-state index contributed by atoms with van der Waals surface area (Å²) in [5.41, 5.74) is -0.335. The molecule has 2 unspecified atom stereocenters. The van der Waals surface area contributed by atoms with Gasteiger partial charge in [0, 0.05) is 6.04 Å². The van der Waals surface area contributed by atoms with Crippen LogP contribution in [-0.2, 0) is 14.8 Å². The Hall–Kier alpha value is -2.19. The lowest BCUT2D eigenvalue weighted by molar-refractivity contribution is -0.148. The minimum Gasteiger partial charge on any atom is -0.481 e. The highest BCUT2D eigenvalue weighted by Crippen LogP contribution is 2.38. The van der Waals surface area contributed by atoms with E-state index in [0.717, 1.165) is 5.69 Å². The maximum absolute atomic E-state index is 12.6. The fraction of sp³-hybridized carbons (Fsp3) is 0.375. The summed E-state index contributed by atoms with van der Waals surface area (Å²) in [6, 6.07) is 8.53. The summed E-state index contributed by atoms with van der Waals surface area (Å²) < 4.78 is 29.2. The van der Waals surface area contributed by atoms with Crippen LogP contribution in [0.3, 0.4) is 0 Å². The molecule has 0 amide bonds. The third-order valence-corrected chi connectivity index (χ3v) is 6.06. The van der Waals surface area contributed by atoms with E-state index in [0.29, 0.717) is 19.3 Å². The molecule has 1 aromatic heterocycles. The molecular formula is C16H19N3O4S. The van der Waals surface area contributed by atoms with Crippen molar-refractivity contribution in [3.63, 3.8) is 0 Å². The molecule has 1 fully saturated rings. The Morgan fingerprint density at radius 2 is 2.08 bits per heavy atom. The van der Waals surface area contributed by atoms with Crippen LogP contribution in [0.15, 0.2) is 47.6 Å². The Morgan fingerprint density at radius 3 is 2.75 bits per heavy atom. The summed E-state index contributed by atoms with van der Waals surface area (Å²) in [4.78, 5) is 11.5. The standard InChI is InChI=1S/C16H19N3O4S/c1-16(15(20)21)9-5-8-14(16)18-24(22,23)13-10-17-19(11-13)12-6-3-2-4-7-12/h2-4,6-7,10-11,14,18H,5,8-9H2,1H3,(H,20,21). The van der Waals surface area contributed by atoms with E-state index in [1.54, 1.807) is 6.92 Å². The largest absolute Gasteiger partial charge is 0.481 e. The molecule has 0 radical (unpaired) electrons. The topological polar surface area (TPSA) is 101 Å². The van der Waals surface area contributed by atoms with E-state index in [1.807, 2.05) is 30.3 Å². The number of rotatable bonds is 5. The molecule has 2 aromatic rings. The van der Waals surface area contributed by atoms with Gasteiger partial charge in [0.15, 0.2) is 0 Å². The lowest BCUT2D eigenvalue weighted by atomic mass is 9.85. The summed E-state index contributed by atoms with van der Waals surface area (Å²) in [7, 11) is -3.83. The molecule has 0 bridgehead atoms. The number of sulfonamides is 1.